The van der Waals surface area contributed by atoms with Crippen LogP contribution in [-0.4, -0.2) is 26.8 Å². The summed E-state index contributed by atoms with van der Waals surface area (Å²) >= 11 is 0. The van der Waals surface area contributed by atoms with Crippen LogP contribution in [0.4, 0.5) is 5.82 Å². The van der Waals surface area contributed by atoms with Crippen LogP contribution in [0, 0.1) is 13.8 Å². The van der Waals surface area contributed by atoms with Gasteiger partial charge in [-0.3, -0.25) is 9.59 Å². The first-order chi connectivity index (χ1) is 13.0. The van der Waals surface area contributed by atoms with Crippen molar-refractivity contribution in [2.45, 2.75) is 26.7 Å². The lowest BCUT2D eigenvalue weighted by atomic mass is 10.1. The maximum atomic E-state index is 12.3. The van der Waals surface area contributed by atoms with Gasteiger partial charge in [0, 0.05) is 12.0 Å². The fraction of sp³-hybridized carbons (Fsp3) is 0.190. The SMILES string of the molecule is Cc1ccc(-n2nc(C)c(-c3ccccc3)c2NC(=O)CCC(=O)O)cc1. The Labute approximate surface area is 157 Å². The van der Waals surface area contributed by atoms with Crippen LogP contribution < -0.4 is 5.32 Å². The van der Waals surface area contributed by atoms with Gasteiger partial charge in [0.25, 0.3) is 0 Å². The first kappa shape index (κ1) is 18.4. The summed E-state index contributed by atoms with van der Waals surface area (Å²) in [6.45, 7) is 3.89. The van der Waals surface area contributed by atoms with Gasteiger partial charge in [0.1, 0.15) is 5.82 Å². The second-order valence-electron chi connectivity index (χ2n) is 6.36. The van der Waals surface area contributed by atoms with Gasteiger partial charge in [-0.05, 0) is 31.5 Å². The van der Waals surface area contributed by atoms with Gasteiger partial charge in [0.2, 0.25) is 5.91 Å². The van der Waals surface area contributed by atoms with Crippen molar-refractivity contribution in [3.8, 4) is 16.8 Å². The summed E-state index contributed by atoms with van der Waals surface area (Å²) < 4.78 is 1.69. The molecule has 2 N–H and O–H groups in total. The van der Waals surface area contributed by atoms with Crippen molar-refractivity contribution in [2.75, 3.05) is 5.32 Å². The van der Waals surface area contributed by atoms with Crippen LogP contribution in [0.15, 0.2) is 54.6 Å². The first-order valence-corrected chi connectivity index (χ1v) is 8.69. The molecule has 27 heavy (non-hydrogen) atoms. The minimum Gasteiger partial charge on any atom is -0.481 e. The molecule has 2 aromatic carbocycles. The number of carboxylic acid groups (broad SMARTS) is 1. The third kappa shape index (κ3) is 4.23. The molecule has 0 fully saturated rings. The van der Waals surface area contributed by atoms with Crippen LogP contribution in [0.5, 0.6) is 0 Å². The Hall–Kier alpha value is -3.41. The minimum atomic E-state index is -1.00. The predicted octanol–water partition coefficient (Wildman–Crippen LogP) is 3.96. The quantitative estimate of drug-likeness (QED) is 0.694. The van der Waals surface area contributed by atoms with Crippen LogP contribution in [0.1, 0.15) is 24.1 Å². The molecule has 0 spiro atoms. The van der Waals surface area contributed by atoms with Crippen LogP contribution in [-0.2, 0) is 9.59 Å². The lowest BCUT2D eigenvalue weighted by Crippen LogP contribution is -2.16. The molecule has 0 saturated carbocycles. The number of aliphatic carboxylic acids is 1. The molecule has 0 bridgehead atoms. The van der Waals surface area contributed by atoms with Crippen molar-refractivity contribution in [3.05, 3.63) is 65.9 Å². The summed E-state index contributed by atoms with van der Waals surface area (Å²) in [5, 5.41) is 16.3. The molecule has 6 nitrogen and oxygen atoms in total. The maximum absolute atomic E-state index is 12.3. The summed E-state index contributed by atoms with van der Waals surface area (Å²) in [5.41, 5.74) is 4.47. The number of carboxylic acids is 1. The number of rotatable bonds is 6. The monoisotopic (exact) mass is 363 g/mol. The van der Waals surface area contributed by atoms with E-state index in [1.165, 1.54) is 0 Å². The average Bonchev–Trinajstić information content (AvgIpc) is 2.97. The molecule has 1 heterocycles. The zero-order valence-electron chi connectivity index (χ0n) is 15.3. The van der Waals surface area contributed by atoms with Gasteiger partial charge in [-0.25, -0.2) is 4.68 Å². The number of amides is 1. The summed E-state index contributed by atoms with van der Waals surface area (Å²) in [6.07, 6.45) is -0.314. The molecule has 0 radical (unpaired) electrons. The molecule has 138 valence electrons. The third-order valence-electron chi connectivity index (χ3n) is 4.23. The summed E-state index contributed by atoms with van der Waals surface area (Å²) in [6, 6.07) is 17.5. The van der Waals surface area contributed by atoms with Crippen LogP contribution in [0.2, 0.25) is 0 Å². The zero-order chi connectivity index (χ0) is 19.4. The molecule has 1 aromatic heterocycles. The average molecular weight is 363 g/mol. The van der Waals surface area contributed by atoms with Crippen molar-refractivity contribution >= 4 is 17.7 Å². The number of carbonyl (C=O) groups excluding carboxylic acids is 1. The van der Waals surface area contributed by atoms with E-state index in [1.807, 2.05) is 68.4 Å². The van der Waals surface area contributed by atoms with E-state index in [2.05, 4.69) is 10.4 Å². The topological polar surface area (TPSA) is 84.2 Å². The summed E-state index contributed by atoms with van der Waals surface area (Å²) in [7, 11) is 0. The van der Waals surface area contributed by atoms with Crippen LogP contribution in [0.3, 0.4) is 0 Å². The maximum Gasteiger partial charge on any atom is 0.303 e. The zero-order valence-corrected chi connectivity index (χ0v) is 15.3. The number of nitrogens with one attached hydrogen (secondary N) is 1. The number of hydrogen-bond donors (Lipinski definition) is 2. The predicted molar refractivity (Wildman–Crippen MR) is 104 cm³/mol. The molecule has 1 amide bonds. The molecule has 3 rings (SSSR count). The summed E-state index contributed by atoms with van der Waals surface area (Å²) in [5.74, 6) is -0.822. The molecule has 0 atom stereocenters. The Morgan fingerprint density at radius 1 is 1.00 bits per heavy atom. The summed E-state index contributed by atoms with van der Waals surface area (Å²) in [4.78, 5) is 23.1. The normalized spacial score (nSPS) is 10.6. The number of benzene rings is 2. The smallest absolute Gasteiger partial charge is 0.303 e. The van der Waals surface area contributed by atoms with E-state index in [1.54, 1.807) is 4.68 Å². The van der Waals surface area contributed by atoms with Crippen LogP contribution >= 0.6 is 0 Å². The highest BCUT2D eigenvalue weighted by Crippen LogP contribution is 2.33. The molecule has 0 saturated heterocycles. The first-order valence-electron chi connectivity index (χ1n) is 8.69. The van der Waals surface area contributed by atoms with Gasteiger partial charge in [-0.2, -0.15) is 5.10 Å². The van der Waals surface area contributed by atoms with Crippen molar-refractivity contribution in [2.24, 2.45) is 0 Å². The van der Waals surface area contributed by atoms with E-state index in [9.17, 15) is 9.59 Å². The van der Waals surface area contributed by atoms with E-state index in [-0.39, 0.29) is 18.7 Å². The lowest BCUT2D eigenvalue weighted by Gasteiger charge is -2.12. The highest BCUT2D eigenvalue weighted by molar-refractivity contribution is 5.96. The Kier molecular flexibility index (Phi) is 5.35. The number of carbonyl (C=O) groups is 2. The van der Waals surface area contributed by atoms with Crippen molar-refractivity contribution in [1.29, 1.82) is 0 Å². The molecular weight excluding hydrogens is 342 g/mol. The molecule has 3 aromatic rings. The Balaban J connectivity index is 2.07. The third-order valence-corrected chi connectivity index (χ3v) is 4.23. The van der Waals surface area contributed by atoms with Gasteiger partial charge >= 0.3 is 5.97 Å². The number of hydrogen-bond acceptors (Lipinski definition) is 3. The number of anilines is 1. The fourth-order valence-electron chi connectivity index (χ4n) is 2.88. The second kappa shape index (κ2) is 7.86. The minimum absolute atomic E-state index is 0.0955. The van der Waals surface area contributed by atoms with E-state index in [0.717, 1.165) is 28.1 Å². The highest BCUT2D eigenvalue weighted by Gasteiger charge is 2.20. The second-order valence-corrected chi connectivity index (χ2v) is 6.36. The fourth-order valence-corrected chi connectivity index (χ4v) is 2.88. The lowest BCUT2D eigenvalue weighted by molar-refractivity contribution is -0.138. The van der Waals surface area contributed by atoms with Gasteiger partial charge < -0.3 is 10.4 Å². The Morgan fingerprint density at radius 3 is 2.30 bits per heavy atom. The Morgan fingerprint density at radius 2 is 1.67 bits per heavy atom. The molecule has 0 unspecified atom stereocenters. The van der Waals surface area contributed by atoms with Crippen molar-refractivity contribution < 1.29 is 14.7 Å². The van der Waals surface area contributed by atoms with E-state index in [4.69, 9.17) is 5.11 Å². The largest absolute Gasteiger partial charge is 0.481 e. The molecule has 0 aliphatic rings. The van der Waals surface area contributed by atoms with Gasteiger partial charge in [0.05, 0.1) is 17.8 Å². The van der Waals surface area contributed by atoms with E-state index < -0.39 is 5.97 Å². The van der Waals surface area contributed by atoms with Crippen molar-refractivity contribution in [3.63, 3.8) is 0 Å². The number of aryl methyl sites for hydroxylation is 2. The molecule has 6 heteroatoms. The van der Waals surface area contributed by atoms with Gasteiger partial charge in [-0.15, -0.1) is 0 Å². The standard InChI is InChI=1S/C21H21N3O3/c1-14-8-10-17(11-9-14)24-21(22-18(25)12-13-19(26)27)20(15(2)23-24)16-6-4-3-5-7-16/h3-11H,12-13H2,1-2H3,(H,22,25)(H,26,27). The molecular formula is C21H21N3O3. The van der Waals surface area contributed by atoms with Gasteiger partial charge in [0.15, 0.2) is 0 Å². The highest BCUT2D eigenvalue weighted by atomic mass is 16.4. The number of nitrogens with zero attached hydrogens (tertiary/aromatic N) is 2. The molecule has 0 aliphatic carbocycles. The van der Waals surface area contributed by atoms with E-state index in [0.29, 0.717) is 5.82 Å². The van der Waals surface area contributed by atoms with Crippen LogP contribution in [0.25, 0.3) is 16.8 Å². The molecule has 0 aliphatic heterocycles. The number of aromatic nitrogens is 2. The van der Waals surface area contributed by atoms with Crippen molar-refractivity contribution in [1.82, 2.24) is 9.78 Å². The van der Waals surface area contributed by atoms with E-state index >= 15 is 0 Å². The van der Waals surface area contributed by atoms with Gasteiger partial charge in [-0.1, -0.05) is 48.0 Å². The Bertz CT molecular complexity index is 960.